The van der Waals surface area contributed by atoms with Crippen molar-refractivity contribution in [1.82, 2.24) is 9.80 Å². The zero-order valence-electron chi connectivity index (χ0n) is 21.0. The standard InChI is InChI=1S/C28H46N2O2/c1-19(18-29-13-15-30(16-14-29)20(2)31)24-7-8-25-23-6-5-21-17-22(32)9-11-27(21,3)26(23)10-12-28(24,25)4/h5,19,22-26,32H,6-18H2,1-4H3/t19-,22?,23+,24-,25+,26+,27+,28-/m1/s1. The van der Waals surface area contributed by atoms with Crippen LogP contribution in [0, 0.1) is 40.4 Å². The van der Waals surface area contributed by atoms with Crippen molar-refractivity contribution < 1.29 is 9.90 Å². The first-order valence-corrected chi connectivity index (χ1v) is 13.6. The quantitative estimate of drug-likeness (QED) is 0.643. The van der Waals surface area contributed by atoms with Gasteiger partial charge in [0, 0.05) is 39.6 Å². The zero-order chi connectivity index (χ0) is 22.7. The van der Waals surface area contributed by atoms with E-state index in [1.807, 2.05) is 4.90 Å². The van der Waals surface area contributed by atoms with Crippen LogP contribution in [-0.2, 0) is 4.79 Å². The van der Waals surface area contributed by atoms with Gasteiger partial charge in [0.15, 0.2) is 0 Å². The maximum atomic E-state index is 11.7. The Bertz CT molecular complexity index is 757. The highest BCUT2D eigenvalue weighted by Gasteiger charge is 2.59. The van der Waals surface area contributed by atoms with Crippen LogP contribution in [0.2, 0.25) is 0 Å². The van der Waals surface area contributed by atoms with Crippen molar-refractivity contribution in [1.29, 1.82) is 0 Å². The van der Waals surface area contributed by atoms with Gasteiger partial charge in [0.05, 0.1) is 6.10 Å². The Balaban J connectivity index is 1.26. The van der Waals surface area contributed by atoms with Crippen molar-refractivity contribution in [2.24, 2.45) is 40.4 Å². The highest BCUT2D eigenvalue weighted by Crippen LogP contribution is 2.67. The predicted molar refractivity (Wildman–Crippen MR) is 129 cm³/mol. The van der Waals surface area contributed by atoms with Gasteiger partial charge in [-0.25, -0.2) is 0 Å². The molecule has 4 fully saturated rings. The fraction of sp³-hybridized carbons (Fsp3) is 0.893. The minimum absolute atomic E-state index is 0.103. The van der Waals surface area contributed by atoms with E-state index in [2.05, 4.69) is 31.7 Å². The SMILES string of the molecule is CC(=O)N1CCN(C[C@@H](C)[C@H]2CC[C@H]3[C@@H]4CC=C5CC(O)CC[C@]5(C)[C@H]4CC[C@]23C)CC1. The minimum Gasteiger partial charge on any atom is -0.393 e. The van der Waals surface area contributed by atoms with Crippen LogP contribution in [0.3, 0.4) is 0 Å². The average Bonchev–Trinajstić information content (AvgIpc) is 3.12. The average molecular weight is 443 g/mol. The molecule has 1 unspecified atom stereocenters. The summed E-state index contributed by atoms with van der Waals surface area (Å²) < 4.78 is 0. The van der Waals surface area contributed by atoms with Gasteiger partial charge in [-0.1, -0.05) is 32.4 Å². The Morgan fingerprint density at radius 2 is 1.84 bits per heavy atom. The van der Waals surface area contributed by atoms with Crippen LogP contribution in [-0.4, -0.2) is 59.6 Å². The number of amides is 1. The van der Waals surface area contributed by atoms with Crippen LogP contribution in [0.5, 0.6) is 0 Å². The Labute approximate surface area is 195 Å². The zero-order valence-corrected chi connectivity index (χ0v) is 21.0. The molecule has 3 saturated carbocycles. The summed E-state index contributed by atoms with van der Waals surface area (Å²) in [5, 5.41) is 10.3. The van der Waals surface area contributed by atoms with Gasteiger partial charge in [-0.15, -0.1) is 0 Å². The van der Waals surface area contributed by atoms with E-state index >= 15 is 0 Å². The summed E-state index contributed by atoms with van der Waals surface area (Å²) in [5.74, 6) is 4.37. The Kier molecular flexibility index (Phi) is 6.02. The van der Waals surface area contributed by atoms with E-state index in [0.717, 1.165) is 68.6 Å². The van der Waals surface area contributed by atoms with Gasteiger partial charge in [0.2, 0.25) is 5.91 Å². The van der Waals surface area contributed by atoms with Crippen LogP contribution in [0.4, 0.5) is 0 Å². The number of carbonyl (C=O) groups excluding carboxylic acids is 1. The van der Waals surface area contributed by atoms with E-state index in [1.165, 1.54) is 45.1 Å². The molecule has 1 aliphatic heterocycles. The van der Waals surface area contributed by atoms with Crippen LogP contribution in [0.1, 0.15) is 79.1 Å². The molecule has 4 aliphatic carbocycles. The van der Waals surface area contributed by atoms with Gasteiger partial charge in [-0.3, -0.25) is 9.69 Å². The molecule has 0 spiro atoms. The Morgan fingerprint density at radius 3 is 2.56 bits per heavy atom. The topological polar surface area (TPSA) is 43.8 Å². The minimum atomic E-state index is -0.103. The normalized spacial score (nSPS) is 45.5. The van der Waals surface area contributed by atoms with Crippen LogP contribution in [0.15, 0.2) is 11.6 Å². The molecule has 0 radical (unpaired) electrons. The molecule has 0 aromatic heterocycles. The fourth-order valence-electron chi connectivity index (χ4n) is 9.40. The summed E-state index contributed by atoms with van der Waals surface area (Å²) in [6.45, 7) is 14.5. The van der Waals surface area contributed by atoms with E-state index in [4.69, 9.17) is 0 Å². The van der Waals surface area contributed by atoms with Gasteiger partial charge >= 0.3 is 0 Å². The molecule has 1 amide bonds. The summed E-state index contributed by atoms with van der Waals surface area (Å²) in [6.07, 6.45) is 12.5. The lowest BCUT2D eigenvalue weighted by molar-refractivity contribution is -0.130. The molecule has 0 bridgehead atoms. The number of aliphatic hydroxyl groups excluding tert-OH is 1. The summed E-state index contributed by atoms with van der Waals surface area (Å²) in [5.41, 5.74) is 2.44. The number of piperazine rings is 1. The molecule has 1 heterocycles. The van der Waals surface area contributed by atoms with Gasteiger partial charge in [0.1, 0.15) is 0 Å². The number of hydrogen-bond donors (Lipinski definition) is 1. The first-order chi connectivity index (χ1) is 15.2. The maximum Gasteiger partial charge on any atom is 0.219 e. The van der Waals surface area contributed by atoms with Crippen LogP contribution < -0.4 is 0 Å². The van der Waals surface area contributed by atoms with Crippen molar-refractivity contribution in [3.63, 3.8) is 0 Å². The molecule has 4 nitrogen and oxygen atoms in total. The fourth-order valence-corrected chi connectivity index (χ4v) is 9.40. The third-order valence-corrected chi connectivity index (χ3v) is 11.2. The smallest absolute Gasteiger partial charge is 0.219 e. The lowest BCUT2D eigenvalue weighted by Crippen LogP contribution is -2.52. The molecular formula is C28H46N2O2. The van der Waals surface area contributed by atoms with E-state index in [1.54, 1.807) is 12.5 Å². The third kappa shape index (κ3) is 3.68. The second-order valence-electron chi connectivity index (χ2n) is 12.7. The molecule has 0 aromatic carbocycles. The van der Waals surface area contributed by atoms with Crippen molar-refractivity contribution >= 4 is 5.91 Å². The van der Waals surface area contributed by atoms with Crippen molar-refractivity contribution in [3.8, 4) is 0 Å². The highest BCUT2D eigenvalue weighted by molar-refractivity contribution is 5.73. The van der Waals surface area contributed by atoms with Crippen molar-refractivity contribution in [2.45, 2.75) is 85.2 Å². The Hall–Kier alpha value is -0.870. The monoisotopic (exact) mass is 442 g/mol. The lowest BCUT2D eigenvalue weighted by atomic mass is 9.47. The number of rotatable bonds is 3. The van der Waals surface area contributed by atoms with Gasteiger partial charge in [0.25, 0.3) is 0 Å². The number of carbonyl (C=O) groups is 1. The van der Waals surface area contributed by atoms with E-state index in [9.17, 15) is 9.90 Å². The number of fused-ring (bicyclic) bond motifs is 5. The third-order valence-electron chi connectivity index (χ3n) is 11.2. The van der Waals surface area contributed by atoms with Gasteiger partial charge in [-0.2, -0.15) is 0 Å². The summed E-state index contributed by atoms with van der Waals surface area (Å²) in [4.78, 5) is 16.3. The summed E-state index contributed by atoms with van der Waals surface area (Å²) in [6, 6.07) is 0. The summed E-state index contributed by atoms with van der Waals surface area (Å²) >= 11 is 0. The lowest BCUT2D eigenvalue weighted by Gasteiger charge is -2.58. The van der Waals surface area contributed by atoms with Crippen molar-refractivity contribution in [3.05, 3.63) is 11.6 Å². The first kappa shape index (κ1) is 22.9. The number of allylic oxidation sites excluding steroid dienone is 1. The molecule has 8 atom stereocenters. The number of nitrogens with zero attached hydrogens (tertiary/aromatic N) is 2. The molecule has 32 heavy (non-hydrogen) atoms. The maximum absolute atomic E-state index is 11.7. The molecule has 5 aliphatic rings. The Morgan fingerprint density at radius 1 is 1.09 bits per heavy atom. The van der Waals surface area contributed by atoms with E-state index < -0.39 is 0 Å². The molecular weight excluding hydrogens is 396 g/mol. The number of aliphatic hydroxyl groups is 1. The van der Waals surface area contributed by atoms with Gasteiger partial charge < -0.3 is 10.0 Å². The second kappa shape index (κ2) is 8.41. The first-order valence-electron chi connectivity index (χ1n) is 13.6. The molecule has 1 saturated heterocycles. The summed E-state index contributed by atoms with van der Waals surface area (Å²) in [7, 11) is 0. The number of hydrogen-bond acceptors (Lipinski definition) is 3. The highest BCUT2D eigenvalue weighted by atomic mass is 16.3. The molecule has 1 N–H and O–H groups in total. The largest absolute Gasteiger partial charge is 0.393 e. The van der Waals surface area contributed by atoms with E-state index in [0.29, 0.717) is 10.8 Å². The second-order valence-corrected chi connectivity index (χ2v) is 12.7. The predicted octanol–water partition coefficient (Wildman–Crippen LogP) is 4.73. The molecule has 4 heteroatoms. The van der Waals surface area contributed by atoms with Crippen LogP contribution >= 0.6 is 0 Å². The molecule has 180 valence electrons. The van der Waals surface area contributed by atoms with Crippen molar-refractivity contribution in [2.75, 3.05) is 32.7 Å². The van der Waals surface area contributed by atoms with E-state index in [-0.39, 0.29) is 12.0 Å². The molecule has 0 aromatic rings. The van der Waals surface area contributed by atoms with Gasteiger partial charge in [-0.05, 0) is 91.8 Å². The van der Waals surface area contributed by atoms with Crippen LogP contribution in [0.25, 0.3) is 0 Å². The molecule has 5 rings (SSSR count).